The van der Waals surface area contributed by atoms with E-state index in [1.165, 1.54) is 26.8 Å². The quantitative estimate of drug-likeness (QED) is 0.505. The van der Waals surface area contributed by atoms with Gasteiger partial charge in [0.1, 0.15) is 11.7 Å². The normalized spacial score (nSPS) is 33.9. The van der Waals surface area contributed by atoms with Crippen LogP contribution in [0.3, 0.4) is 0 Å². The van der Waals surface area contributed by atoms with Crippen molar-refractivity contribution >= 4 is 17.7 Å². The first-order valence-electron chi connectivity index (χ1n) is 5.85. The third-order valence-electron chi connectivity index (χ3n) is 3.00. The number of ether oxygens (including phenoxy) is 2. The van der Waals surface area contributed by atoms with Gasteiger partial charge in [-0.05, 0) is 19.9 Å². The van der Waals surface area contributed by atoms with E-state index < -0.39 is 35.8 Å². The van der Waals surface area contributed by atoms with E-state index in [4.69, 9.17) is 9.47 Å². The Kier molecular flexibility index (Phi) is 3.19. The summed E-state index contributed by atoms with van der Waals surface area (Å²) in [5.41, 5.74) is -1.33. The van der Waals surface area contributed by atoms with E-state index in [1.807, 2.05) is 0 Å². The van der Waals surface area contributed by atoms with Crippen LogP contribution in [0.1, 0.15) is 20.8 Å². The zero-order valence-corrected chi connectivity index (χ0v) is 10.8. The van der Waals surface area contributed by atoms with Gasteiger partial charge in [-0.1, -0.05) is 0 Å². The molecular weight excluding hydrogens is 254 g/mol. The van der Waals surface area contributed by atoms with Gasteiger partial charge in [0.2, 0.25) is 5.78 Å². The molecule has 1 fully saturated rings. The summed E-state index contributed by atoms with van der Waals surface area (Å²) in [4.78, 5) is 34.3. The van der Waals surface area contributed by atoms with E-state index in [2.05, 4.69) is 5.32 Å². The first-order chi connectivity index (χ1) is 8.72. The van der Waals surface area contributed by atoms with Crippen molar-refractivity contribution in [2.45, 2.75) is 44.7 Å². The van der Waals surface area contributed by atoms with Crippen LogP contribution in [0.2, 0.25) is 0 Å². The lowest BCUT2D eigenvalue weighted by atomic mass is 9.90. The minimum atomic E-state index is -1.30. The van der Waals surface area contributed by atoms with Crippen LogP contribution in [0.5, 0.6) is 0 Å². The number of fused-ring (bicyclic) bond motifs is 1. The van der Waals surface area contributed by atoms with E-state index in [0.717, 1.165) is 0 Å². The van der Waals surface area contributed by atoms with Crippen LogP contribution in [0.25, 0.3) is 0 Å². The topological polar surface area (TPSA) is 105 Å². The fourth-order valence-electron chi connectivity index (χ4n) is 1.99. The Hall–Kier alpha value is -1.73. The van der Waals surface area contributed by atoms with Crippen LogP contribution in [0.4, 0.5) is 0 Å². The molecular formula is C12H15NO6. The molecule has 19 heavy (non-hydrogen) atoms. The molecule has 0 radical (unpaired) electrons. The summed E-state index contributed by atoms with van der Waals surface area (Å²) in [6.07, 6.45) is -1.03. The summed E-state index contributed by atoms with van der Waals surface area (Å²) in [6, 6.07) is 0. The number of carbonyl (C=O) groups is 3. The molecule has 0 aromatic rings. The van der Waals surface area contributed by atoms with Crippen LogP contribution >= 0.6 is 0 Å². The van der Waals surface area contributed by atoms with Gasteiger partial charge in [0.05, 0.1) is 5.70 Å². The summed E-state index contributed by atoms with van der Waals surface area (Å²) < 4.78 is 9.75. The molecule has 0 aromatic heterocycles. The van der Waals surface area contributed by atoms with Gasteiger partial charge >= 0.3 is 5.97 Å². The van der Waals surface area contributed by atoms with Gasteiger partial charge in [0.15, 0.2) is 12.2 Å². The standard InChI is InChI=1S/C12H15NO6/c1-5(18-6(2)14)11(16)13-7-4-12(3,17)10-9(19-10)8(7)15/h4-5,9-10,17H,1-3H3,(H,13,16)/t5-,9-,10-,12+/m0/s1. The number of Topliss-reactive ketones (excluding diaryl/α,β-unsaturated/α-hetero) is 1. The highest BCUT2D eigenvalue weighted by molar-refractivity contribution is 6.05. The van der Waals surface area contributed by atoms with Gasteiger partial charge in [-0.2, -0.15) is 0 Å². The van der Waals surface area contributed by atoms with Gasteiger partial charge in [0, 0.05) is 6.92 Å². The summed E-state index contributed by atoms with van der Waals surface area (Å²) in [5.74, 6) is -1.62. The largest absolute Gasteiger partial charge is 0.453 e. The minimum Gasteiger partial charge on any atom is -0.453 e. The summed E-state index contributed by atoms with van der Waals surface area (Å²) in [6.45, 7) is 4.06. The molecule has 1 aliphatic heterocycles. The number of hydrogen-bond donors (Lipinski definition) is 2. The van der Waals surface area contributed by atoms with Crippen LogP contribution < -0.4 is 5.32 Å². The molecule has 2 aliphatic rings. The van der Waals surface area contributed by atoms with Crippen LogP contribution in [0, 0.1) is 0 Å². The van der Waals surface area contributed by atoms with Crippen molar-refractivity contribution in [1.29, 1.82) is 0 Å². The number of amides is 1. The molecule has 1 heterocycles. The van der Waals surface area contributed by atoms with Crippen molar-refractivity contribution in [3.8, 4) is 0 Å². The smallest absolute Gasteiger partial charge is 0.303 e. The van der Waals surface area contributed by atoms with Gasteiger partial charge in [-0.25, -0.2) is 0 Å². The lowest BCUT2D eigenvalue weighted by Crippen LogP contribution is -2.44. The van der Waals surface area contributed by atoms with Crippen molar-refractivity contribution in [2.24, 2.45) is 0 Å². The van der Waals surface area contributed by atoms with E-state index in [-0.39, 0.29) is 11.5 Å². The second-order valence-electron chi connectivity index (χ2n) is 4.87. The highest BCUT2D eigenvalue weighted by Crippen LogP contribution is 2.39. The summed E-state index contributed by atoms with van der Waals surface area (Å²) in [7, 11) is 0. The van der Waals surface area contributed by atoms with Crippen molar-refractivity contribution in [3.63, 3.8) is 0 Å². The second-order valence-corrected chi connectivity index (χ2v) is 4.87. The Labute approximate surface area is 109 Å². The Morgan fingerprint density at radius 1 is 1.58 bits per heavy atom. The number of esters is 1. The predicted molar refractivity (Wildman–Crippen MR) is 61.7 cm³/mol. The number of hydrogen-bond acceptors (Lipinski definition) is 6. The van der Waals surface area contributed by atoms with Gasteiger partial charge in [-0.15, -0.1) is 0 Å². The molecule has 0 spiro atoms. The number of ketones is 1. The molecule has 1 amide bonds. The highest BCUT2D eigenvalue weighted by atomic mass is 16.6. The van der Waals surface area contributed by atoms with Crippen molar-refractivity contribution in [2.75, 3.05) is 0 Å². The lowest BCUT2D eigenvalue weighted by Gasteiger charge is -2.22. The maximum absolute atomic E-state index is 11.8. The zero-order valence-electron chi connectivity index (χ0n) is 10.8. The molecule has 104 valence electrons. The molecule has 2 rings (SSSR count). The minimum absolute atomic E-state index is 0.0345. The monoisotopic (exact) mass is 269 g/mol. The van der Waals surface area contributed by atoms with E-state index in [0.29, 0.717) is 0 Å². The number of rotatable bonds is 3. The first kappa shape index (κ1) is 13.7. The maximum Gasteiger partial charge on any atom is 0.303 e. The summed E-state index contributed by atoms with van der Waals surface area (Å²) in [5, 5.41) is 12.3. The van der Waals surface area contributed by atoms with Crippen molar-refractivity contribution < 1.29 is 29.0 Å². The Bertz CT molecular complexity index is 481. The van der Waals surface area contributed by atoms with Gasteiger partial charge < -0.3 is 19.9 Å². The van der Waals surface area contributed by atoms with Gasteiger partial charge in [-0.3, -0.25) is 14.4 Å². The summed E-state index contributed by atoms with van der Waals surface area (Å²) >= 11 is 0. The van der Waals surface area contributed by atoms with Crippen LogP contribution in [0.15, 0.2) is 11.8 Å². The first-order valence-corrected chi connectivity index (χ1v) is 5.85. The van der Waals surface area contributed by atoms with Gasteiger partial charge in [0.25, 0.3) is 5.91 Å². The van der Waals surface area contributed by atoms with E-state index >= 15 is 0 Å². The van der Waals surface area contributed by atoms with Crippen molar-refractivity contribution in [1.82, 2.24) is 5.32 Å². The molecule has 0 bridgehead atoms. The van der Waals surface area contributed by atoms with Crippen LogP contribution in [-0.2, 0) is 23.9 Å². The molecule has 1 saturated heterocycles. The molecule has 4 atom stereocenters. The third kappa shape index (κ3) is 2.66. The SMILES string of the molecule is CC(=O)O[C@@H](C)C(=O)NC1=C[C@@](C)(O)[C@H]2O[C@H]2C1=O. The van der Waals surface area contributed by atoms with Crippen LogP contribution in [-0.4, -0.2) is 46.7 Å². The van der Waals surface area contributed by atoms with E-state index in [1.54, 1.807) is 0 Å². The number of nitrogens with one attached hydrogen (secondary N) is 1. The number of epoxide rings is 1. The van der Waals surface area contributed by atoms with E-state index in [9.17, 15) is 19.5 Å². The highest BCUT2D eigenvalue weighted by Gasteiger charge is 2.58. The number of carbonyl (C=O) groups excluding carboxylic acids is 3. The Morgan fingerprint density at radius 2 is 2.21 bits per heavy atom. The molecule has 1 aliphatic carbocycles. The maximum atomic E-state index is 11.8. The zero-order chi connectivity index (χ0) is 14.4. The molecule has 0 unspecified atom stereocenters. The molecule has 0 aromatic carbocycles. The predicted octanol–water partition coefficient (Wildman–Crippen LogP) is -0.961. The van der Waals surface area contributed by atoms with Crippen molar-refractivity contribution in [3.05, 3.63) is 11.8 Å². The third-order valence-corrected chi connectivity index (χ3v) is 3.00. The lowest BCUT2D eigenvalue weighted by molar-refractivity contribution is -0.152. The Morgan fingerprint density at radius 3 is 2.79 bits per heavy atom. The molecule has 7 heteroatoms. The molecule has 7 nitrogen and oxygen atoms in total. The molecule has 0 saturated carbocycles. The Balaban J connectivity index is 2.06. The average molecular weight is 269 g/mol. The molecule has 2 N–H and O–H groups in total. The fraction of sp³-hybridized carbons (Fsp3) is 0.583. The fourth-order valence-corrected chi connectivity index (χ4v) is 1.99. The second kappa shape index (κ2) is 4.43. The number of aliphatic hydroxyl groups is 1. The average Bonchev–Trinajstić information content (AvgIpc) is 3.05.